The maximum Gasteiger partial charge on any atom is 0.0632 e. The van der Waals surface area contributed by atoms with Crippen molar-refractivity contribution in [1.29, 1.82) is 0 Å². The normalized spacial score (nSPS) is 15.4. The van der Waals surface area contributed by atoms with E-state index in [-0.39, 0.29) is 12.1 Å². The molecule has 0 amide bonds. The molecule has 1 unspecified atom stereocenters. The minimum Gasteiger partial charge on any atom is -0.394 e. The van der Waals surface area contributed by atoms with Gasteiger partial charge in [-0.1, -0.05) is 0 Å². The van der Waals surface area contributed by atoms with Crippen LogP contribution in [-0.2, 0) is 6.54 Å². The van der Waals surface area contributed by atoms with E-state index in [9.17, 15) is 0 Å². The van der Waals surface area contributed by atoms with Gasteiger partial charge in [-0.15, -0.1) is 0 Å². The summed E-state index contributed by atoms with van der Waals surface area (Å²) in [4.78, 5) is 0. The molecule has 1 rings (SSSR count). The number of rotatable bonds is 5. The molecular formula is C9H16BrN3O. The van der Waals surface area contributed by atoms with E-state index in [1.165, 1.54) is 0 Å². The molecule has 0 spiro atoms. The van der Waals surface area contributed by atoms with Crippen molar-refractivity contribution in [2.75, 3.05) is 13.7 Å². The number of hydrogen-bond donors (Lipinski definition) is 2. The summed E-state index contributed by atoms with van der Waals surface area (Å²) in [7, 11) is 1.86. The Morgan fingerprint density at radius 3 is 2.86 bits per heavy atom. The highest BCUT2D eigenvalue weighted by molar-refractivity contribution is 9.10. The number of aliphatic hydroxyl groups excluding tert-OH is 1. The second-order valence-corrected chi connectivity index (χ2v) is 4.56. The van der Waals surface area contributed by atoms with Crippen LogP contribution in [0.2, 0.25) is 0 Å². The first kappa shape index (κ1) is 11.7. The van der Waals surface area contributed by atoms with Gasteiger partial charge in [0.1, 0.15) is 0 Å². The molecule has 2 N–H and O–H groups in total. The molecule has 0 saturated carbocycles. The fourth-order valence-electron chi connectivity index (χ4n) is 1.11. The number of hydrogen-bond acceptors (Lipinski definition) is 3. The highest BCUT2D eigenvalue weighted by Gasteiger charge is 2.20. The van der Waals surface area contributed by atoms with E-state index in [0.29, 0.717) is 0 Å². The molecule has 1 aromatic rings. The first-order valence-corrected chi connectivity index (χ1v) is 5.37. The van der Waals surface area contributed by atoms with Crippen LogP contribution in [0.1, 0.15) is 13.3 Å². The van der Waals surface area contributed by atoms with Gasteiger partial charge in [-0.3, -0.25) is 4.68 Å². The zero-order valence-corrected chi connectivity index (χ0v) is 10.1. The van der Waals surface area contributed by atoms with Crippen LogP contribution >= 0.6 is 15.9 Å². The summed E-state index contributed by atoms with van der Waals surface area (Å²) in [5, 5.41) is 16.4. The van der Waals surface area contributed by atoms with Crippen LogP contribution < -0.4 is 5.32 Å². The number of halogens is 1. The third-order valence-corrected chi connectivity index (χ3v) is 2.86. The van der Waals surface area contributed by atoms with Crippen molar-refractivity contribution in [1.82, 2.24) is 15.1 Å². The van der Waals surface area contributed by atoms with Gasteiger partial charge in [0.25, 0.3) is 0 Å². The standard InChI is InChI=1S/C9H16BrN3O/c1-9(7-14,11-2)3-4-13-6-8(10)5-12-13/h5-6,11,14H,3-4,7H2,1-2H3. The van der Waals surface area contributed by atoms with Crippen LogP contribution in [0, 0.1) is 0 Å². The Hall–Kier alpha value is -0.390. The van der Waals surface area contributed by atoms with E-state index >= 15 is 0 Å². The van der Waals surface area contributed by atoms with Gasteiger partial charge in [0, 0.05) is 18.3 Å². The summed E-state index contributed by atoms with van der Waals surface area (Å²) >= 11 is 3.34. The molecule has 0 aliphatic heterocycles. The zero-order chi connectivity index (χ0) is 10.6. The lowest BCUT2D eigenvalue weighted by atomic mass is 10.00. The number of nitrogens with zero attached hydrogens (tertiary/aromatic N) is 2. The zero-order valence-electron chi connectivity index (χ0n) is 8.50. The third kappa shape index (κ3) is 3.08. The first-order valence-electron chi connectivity index (χ1n) is 4.57. The number of aliphatic hydroxyl groups is 1. The molecule has 0 radical (unpaired) electrons. The van der Waals surface area contributed by atoms with Crippen molar-refractivity contribution in [3.63, 3.8) is 0 Å². The van der Waals surface area contributed by atoms with Crippen LogP contribution in [0.15, 0.2) is 16.9 Å². The van der Waals surface area contributed by atoms with Crippen LogP contribution in [0.4, 0.5) is 0 Å². The summed E-state index contributed by atoms with van der Waals surface area (Å²) in [6, 6.07) is 0. The molecule has 0 saturated heterocycles. The minimum absolute atomic E-state index is 0.131. The molecule has 0 aromatic carbocycles. The van der Waals surface area contributed by atoms with Crippen molar-refractivity contribution in [2.24, 2.45) is 0 Å². The van der Waals surface area contributed by atoms with E-state index < -0.39 is 0 Å². The summed E-state index contributed by atoms with van der Waals surface area (Å²) < 4.78 is 2.84. The Kier molecular flexibility index (Phi) is 4.10. The molecule has 14 heavy (non-hydrogen) atoms. The van der Waals surface area contributed by atoms with Crippen LogP contribution in [0.3, 0.4) is 0 Å². The molecule has 0 fully saturated rings. The average molecular weight is 262 g/mol. The second-order valence-electron chi connectivity index (χ2n) is 3.64. The predicted molar refractivity (Wildman–Crippen MR) is 59.1 cm³/mol. The monoisotopic (exact) mass is 261 g/mol. The fraction of sp³-hybridized carbons (Fsp3) is 0.667. The Morgan fingerprint density at radius 1 is 1.71 bits per heavy atom. The van der Waals surface area contributed by atoms with Crippen LogP contribution in [0.5, 0.6) is 0 Å². The first-order chi connectivity index (χ1) is 6.59. The Labute approximate surface area is 92.4 Å². The number of aromatic nitrogens is 2. The SMILES string of the molecule is CNC(C)(CO)CCn1cc(Br)cn1. The van der Waals surface area contributed by atoms with Gasteiger partial charge in [0.2, 0.25) is 0 Å². The van der Waals surface area contributed by atoms with E-state index in [1.54, 1.807) is 6.20 Å². The molecule has 0 bridgehead atoms. The second kappa shape index (κ2) is 4.91. The number of aryl methyl sites for hydroxylation is 1. The van der Waals surface area contributed by atoms with E-state index in [0.717, 1.165) is 17.4 Å². The molecule has 1 aromatic heterocycles. The average Bonchev–Trinajstić information content (AvgIpc) is 2.61. The Balaban J connectivity index is 2.47. The highest BCUT2D eigenvalue weighted by Crippen LogP contribution is 2.11. The van der Waals surface area contributed by atoms with Crippen molar-refractivity contribution in [2.45, 2.75) is 25.4 Å². The van der Waals surface area contributed by atoms with Crippen LogP contribution in [-0.4, -0.2) is 34.1 Å². The number of nitrogens with one attached hydrogen (secondary N) is 1. The highest BCUT2D eigenvalue weighted by atomic mass is 79.9. The topological polar surface area (TPSA) is 50.1 Å². The van der Waals surface area contributed by atoms with Crippen molar-refractivity contribution >= 4 is 15.9 Å². The third-order valence-electron chi connectivity index (χ3n) is 2.45. The molecule has 5 heteroatoms. The van der Waals surface area contributed by atoms with Crippen molar-refractivity contribution in [3.05, 3.63) is 16.9 Å². The molecule has 0 aliphatic rings. The predicted octanol–water partition coefficient (Wildman–Crippen LogP) is 1.01. The van der Waals surface area contributed by atoms with Crippen molar-refractivity contribution in [3.8, 4) is 0 Å². The summed E-state index contributed by atoms with van der Waals surface area (Å²) in [5.41, 5.74) is -0.224. The Morgan fingerprint density at radius 2 is 2.43 bits per heavy atom. The molecule has 4 nitrogen and oxygen atoms in total. The maximum absolute atomic E-state index is 9.17. The summed E-state index contributed by atoms with van der Waals surface area (Å²) in [6.07, 6.45) is 4.53. The minimum atomic E-state index is -0.224. The molecule has 0 aliphatic carbocycles. The van der Waals surface area contributed by atoms with Gasteiger partial charge >= 0.3 is 0 Å². The lowest BCUT2D eigenvalue weighted by Crippen LogP contribution is -2.44. The molecule has 1 atom stereocenters. The van der Waals surface area contributed by atoms with Gasteiger partial charge in [-0.25, -0.2) is 0 Å². The van der Waals surface area contributed by atoms with Crippen molar-refractivity contribution < 1.29 is 5.11 Å². The van der Waals surface area contributed by atoms with Gasteiger partial charge in [0.05, 0.1) is 17.3 Å². The molecule has 80 valence electrons. The van der Waals surface area contributed by atoms with E-state index in [1.807, 2.05) is 24.9 Å². The molecule has 1 heterocycles. The smallest absolute Gasteiger partial charge is 0.0632 e. The Bertz CT molecular complexity index is 283. The van der Waals surface area contributed by atoms with Gasteiger partial charge < -0.3 is 10.4 Å². The maximum atomic E-state index is 9.17. The summed E-state index contributed by atoms with van der Waals surface area (Å²) in [6.45, 7) is 2.92. The molecular weight excluding hydrogens is 246 g/mol. The van der Waals surface area contributed by atoms with Gasteiger partial charge in [-0.2, -0.15) is 5.10 Å². The largest absolute Gasteiger partial charge is 0.394 e. The van der Waals surface area contributed by atoms with Gasteiger partial charge in [0.15, 0.2) is 0 Å². The quantitative estimate of drug-likeness (QED) is 0.832. The van der Waals surface area contributed by atoms with Crippen LogP contribution in [0.25, 0.3) is 0 Å². The lowest BCUT2D eigenvalue weighted by molar-refractivity contribution is 0.167. The van der Waals surface area contributed by atoms with Gasteiger partial charge in [-0.05, 0) is 36.3 Å². The number of likely N-dealkylation sites (N-methyl/N-ethyl adjacent to an activating group) is 1. The van der Waals surface area contributed by atoms with E-state index in [4.69, 9.17) is 5.11 Å². The fourth-order valence-corrected chi connectivity index (χ4v) is 1.43. The summed E-state index contributed by atoms with van der Waals surface area (Å²) in [5.74, 6) is 0. The van der Waals surface area contributed by atoms with E-state index in [2.05, 4.69) is 26.3 Å². The lowest BCUT2D eigenvalue weighted by Gasteiger charge is -2.26.